The Bertz CT molecular complexity index is 431. The lowest BCUT2D eigenvalue weighted by atomic mass is 9.94. The third-order valence-corrected chi connectivity index (χ3v) is 3.21. The zero-order valence-corrected chi connectivity index (χ0v) is 9.11. The van der Waals surface area contributed by atoms with Crippen molar-refractivity contribution >= 4 is 0 Å². The lowest BCUT2D eigenvalue weighted by Gasteiger charge is -2.15. The van der Waals surface area contributed by atoms with Gasteiger partial charge in [0.1, 0.15) is 11.6 Å². The molecule has 0 nitrogen and oxygen atoms in total. The molecule has 0 spiro atoms. The van der Waals surface area contributed by atoms with Crippen LogP contribution in [0.25, 0.3) is 0 Å². The van der Waals surface area contributed by atoms with E-state index in [0.717, 1.165) is 12.8 Å². The molecule has 1 aromatic rings. The van der Waals surface area contributed by atoms with Crippen LogP contribution in [0, 0.1) is 17.6 Å². The van der Waals surface area contributed by atoms with Crippen LogP contribution in [0.4, 0.5) is 22.0 Å². The smallest absolute Gasteiger partial charge is 0.207 e. The van der Waals surface area contributed by atoms with Crippen LogP contribution in [0.2, 0.25) is 0 Å². The molecule has 0 aliphatic heterocycles. The Morgan fingerprint density at radius 1 is 1.12 bits per heavy atom. The average Bonchev–Trinajstić information content (AvgIpc) is 3.01. The van der Waals surface area contributed by atoms with Crippen molar-refractivity contribution in [3.05, 3.63) is 34.9 Å². The van der Waals surface area contributed by atoms with Gasteiger partial charge in [-0.15, -0.1) is 0 Å². The van der Waals surface area contributed by atoms with E-state index >= 15 is 0 Å². The van der Waals surface area contributed by atoms with E-state index in [2.05, 4.69) is 0 Å². The summed E-state index contributed by atoms with van der Waals surface area (Å²) in [6.45, 7) is 1.71. The molecule has 0 saturated heterocycles. The quantitative estimate of drug-likeness (QED) is 0.678. The van der Waals surface area contributed by atoms with Gasteiger partial charge in [0.25, 0.3) is 0 Å². The summed E-state index contributed by atoms with van der Waals surface area (Å²) in [5.74, 6) is -2.34. The Hall–Kier alpha value is -1.13. The molecule has 1 fully saturated rings. The van der Waals surface area contributed by atoms with Gasteiger partial charge in [-0.2, -0.15) is 13.2 Å². The first-order chi connectivity index (χ1) is 7.80. The molecule has 2 rings (SSSR count). The number of halogens is 5. The van der Waals surface area contributed by atoms with E-state index in [1.54, 1.807) is 6.92 Å². The third-order valence-electron chi connectivity index (χ3n) is 3.21. The third kappa shape index (κ3) is 2.42. The average molecular weight is 250 g/mol. The van der Waals surface area contributed by atoms with Gasteiger partial charge in [0.05, 0.1) is 5.56 Å². The maximum atomic E-state index is 13.5. The van der Waals surface area contributed by atoms with E-state index in [9.17, 15) is 22.0 Å². The Balaban J connectivity index is 2.41. The Morgan fingerprint density at radius 2 is 1.71 bits per heavy atom. The van der Waals surface area contributed by atoms with Crippen molar-refractivity contribution in [1.82, 2.24) is 0 Å². The van der Waals surface area contributed by atoms with E-state index in [1.807, 2.05) is 0 Å². The summed E-state index contributed by atoms with van der Waals surface area (Å²) in [4.78, 5) is 0. The predicted octanol–water partition coefficient (Wildman–Crippen LogP) is 4.50. The van der Waals surface area contributed by atoms with Crippen LogP contribution >= 0.6 is 0 Å². The van der Waals surface area contributed by atoms with Crippen LogP contribution in [0.3, 0.4) is 0 Å². The van der Waals surface area contributed by atoms with Gasteiger partial charge in [-0.05, 0) is 42.4 Å². The zero-order chi connectivity index (χ0) is 12.8. The molecule has 1 unspecified atom stereocenters. The first kappa shape index (κ1) is 12.3. The van der Waals surface area contributed by atoms with Crippen LogP contribution in [-0.2, 0) is 6.18 Å². The topological polar surface area (TPSA) is 0 Å². The van der Waals surface area contributed by atoms with E-state index < -0.39 is 23.4 Å². The Morgan fingerprint density at radius 3 is 2.18 bits per heavy atom. The molecular formula is C12H11F5. The highest BCUT2D eigenvalue weighted by molar-refractivity contribution is 5.31. The fourth-order valence-electron chi connectivity index (χ4n) is 1.98. The van der Waals surface area contributed by atoms with E-state index in [-0.39, 0.29) is 23.5 Å². The van der Waals surface area contributed by atoms with Gasteiger partial charge >= 0.3 is 6.18 Å². The van der Waals surface area contributed by atoms with Gasteiger partial charge in [-0.1, -0.05) is 6.92 Å². The van der Waals surface area contributed by atoms with Crippen LogP contribution < -0.4 is 0 Å². The molecule has 1 saturated carbocycles. The first-order valence-electron chi connectivity index (χ1n) is 5.37. The van der Waals surface area contributed by atoms with Gasteiger partial charge in [0.15, 0.2) is 0 Å². The molecule has 94 valence electrons. The molecular weight excluding hydrogens is 239 g/mol. The molecule has 0 aromatic heterocycles. The number of rotatable bonds is 2. The van der Waals surface area contributed by atoms with E-state index in [0.29, 0.717) is 6.07 Å². The molecule has 1 aliphatic rings. The summed E-state index contributed by atoms with van der Waals surface area (Å²) in [6, 6.07) is 0.935. The number of alkyl halides is 3. The fraction of sp³-hybridized carbons (Fsp3) is 0.500. The van der Waals surface area contributed by atoms with Gasteiger partial charge in [-0.3, -0.25) is 0 Å². The maximum Gasteiger partial charge on any atom is 0.419 e. The van der Waals surface area contributed by atoms with Crippen molar-refractivity contribution < 1.29 is 22.0 Å². The van der Waals surface area contributed by atoms with Gasteiger partial charge in [0.2, 0.25) is 0 Å². The molecule has 1 aliphatic carbocycles. The summed E-state index contributed by atoms with van der Waals surface area (Å²) in [6.07, 6.45) is -3.02. The van der Waals surface area contributed by atoms with Gasteiger partial charge in [-0.25, -0.2) is 8.78 Å². The lowest BCUT2D eigenvalue weighted by Crippen LogP contribution is -2.11. The van der Waals surface area contributed by atoms with Crippen molar-refractivity contribution in [3.8, 4) is 0 Å². The summed E-state index contributed by atoms with van der Waals surface area (Å²) in [7, 11) is 0. The second kappa shape index (κ2) is 3.96. The predicted molar refractivity (Wildman–Crippen MR) is 52.5 cm³/mol. The molecule has 0 heterocycles. The molecule has 0 N–H and O–H groups in total. The molecule has 0 radical (unpaired) electrons. The van der Waals surface area contributed by atoms with Gasteiger partial charge < -0.3 is 0 Å². The molecule has 0 amide bonds. The minimum Gasteiger partial charge on any atom is -0.207 e. The minimum atomic E-state index is -4.85. The van der Waals surface area contributed by atoms with Gasteiger partial charge in [0, 0.05) is 0 Å². The van der Waals surface area contributed by atoms with Crippen molar-refractivity contribution in [3.63, 3.8) is 0 Å². The zero-order valence-electron chi connectivity index (χ0n) is 9.11. The van der Waals surface area contributed by atoms with Crippen LogP contribution in [0.1, 0.15) is 36.8 Å². The van der Waals surface area contributed by atoms with E-state index in [4.69, 9.17) is 0 Å². The monoisotopic (exact) mass is 250 g/mol. The minimum absolute atomic E-state index is 0.0398. The van der Waals surface area contributed by atoms with Crippen LogP contribution in [-0.4, -0.2) is 0 Å². The number of benzene rings is 1. The second-order valence-corrected chi connectivity index (χ2v) is 4.48. The molecule has 0 bridgehead atoms. The highest BCUT2D eigenvalue weighted by atomic mass is 19.4. The Labute approximate surface area is 95.4 Å². The van der Waals surface area contributed by atoms with Crippen LogP contribution in [0.15, 0.2) is 12.1 Å². The summed E-state index contributed by atoms with van der Waals surface area (Å²) in [5, 5.41) is 0. The molecule has 17 heavy (non-hydrogen) atoms. The lowest BCUT2D eigenvalue weighted by molar-refractivity contribution is -0.140. The molecule has 5 heteroatoms. The molecule has 1 atom stereocenters. The van der Waals surface area contributed by atoms with Crippen molar-refractivity contribution in [2.24, 2.45) is 5.92 Å². The second-order valence-electron chi connectivity index (χ2n) is 4.48. The highest BCUT2D eigenvalue weighted by Crippen LogP contribution is 2.44. The first-order valence-corrected chi connectivity index (χ1v) is 5.37. The van der Waals surface area contributed by atoms with E-state index in [1.165, 1.54) is 0 Å². The van der Waals surface area contributed by atoms with Crippen molar-refractivity contribution in [2.75, 3.05) is 0 Å². The maximum absolute atomic E-state index is 13.5. The fourth-order valence-corrected chi connectivity index (χ4v) is 1.98. The summed E-state index contributed by atoms with van der Waals surface area (Å²) < 4.78 is 63.8. The molecule has 1 aromatic carbocycles. The summed E-state index contributed by atoms with van der Waals surface area (Å²) in [5.41, 5.74) is -1.50. The summed E-state index contributed by atoms with van der Waals surface area (Å²) >= 11 is 0. The highest BCUT2D eigenvalue weighted by Gasteiger charge is 2.37. The largest absolute Gasteiger partial charge is 0.419 e. The number of hydrogen-bond donors (Lipinski definition) is 0. The number of hydrogen-bond acceptors (Lipinski definition) is 0. The standard InChI is InChI=1S/C12H11F5/c1-6(7-2-3-7)8-4-11(14)9(5-10(8)13)12(15,16)17/h4-7H,2-3H2,1H3. The Kier molecular flexibility index (Phi) is 2.87. The SMILES string of the molecule is CC(c1cc(F)c(C(F)(F)F)cc1F)C1CC1. The van der Waals surface area contributed by atoms with Crippen molar-refractivity contribution in [1.29, 1.82) is 0 Å². The van der Waals surface area contributed by atoms with Crippen molar-refractivity contribution in [2.45, 2.75) is 31.9 Å². The normalized spacial score (nSPS) is 18.2. The van der Waals surface area contributed by atoms with Crippen LogP contribution in [0.5, 0.6) is 0 Å².